The van der Waals surface area contributed by atoms with Gasteiger partial charge in [-0.25, -0.2) is 9.37 Å². The monoisotopic (exact) mass is 244 g/mol. The summed E-state index contributed by atoms with van der Waals surface area (Å²) in [6.45, 7) is 1.74. The quantitative estimate of drug-likeness (QED) is 0.875. The molecule has 2 rings (SSSR count). The molecule has 1 aromatic carbocycles. The molecule has 2 aromatic rings. The van der Waals surface area contributed by atoms with Gasteiger partial charge in [0.25, 0.3) is 0 Å². The van der Waals surface area contributed by atoms with Gasteiger partial charge in [-0.3, -0.25) is 0 Å². The molecule has 0 bridgehead atoms. The van der Waals surface area contributed by atoms with Gasteiger partial charge in [0, 0.05) is 17.8 Å². The first-order valence-corrected chi connectivity index (χ1v) is 5.07. The second-order valence-corrected chi connectivity index (χ2v) is 3.56. The molecule has 0 saturated heterocycles. The number of halogens is 1. The third-order valence-corrected chi connectivity index (χ3v) is 2.13. The van der Waals surface area contributed by atoms with Gasteiger partial charge in [-0.05, 0) is 19.1 Å². The lowest BCUT2D eigenvalue weighted by Crippen LogP contribution is -1.99. The summed E-state index contributed by atoms with van der Waals surface area (Å²) >= 11 is 0. The maximum atomic E-state index is 13.4. The highest BCUT2D eigenvalue weighted by atomic mass is 19.1. The molecule has 0 aliphatic carbocycles. The Bertz CT molecular complexity index is 616. The Hall–Kier alpha value is -2.68. The SMILES string of the molecule is Cc1cc(Oc2ccc(C#N)c(F)c2)nc(N)n1. The molecule has 0 spiro atoms. The predicted octanol–water partition coefficient (Wildman–Crippen LogP) is 2.17. The van der Waals surface area contributed by atoms with Crippen molar-refractivity contribution in [1.29, 1.82) is 5.26 Å². The molecule has 0 unspecified atom stereocenters. The van der Waals surface area contributed by atoms with E-state index in [0.717, 1.165) is 6.07 Å². The minimum absolute atomic E-state index is 0.0410. The van der Waals surface area contributed by atoms with Gasteiger partial charge in [0.2, 0.25) is 11.8 Å². The van der Waals surface area contributed by atoms with E-state index in [1.807, 2.05) is 0 Å². The first-order chi connectivity index (χ1) is 8.58. The van der Waals surface area contributed by atoms with Crippen LogP contribution in [0.4, 0.5) is 10.3 Å². The fourth-order valence-corrected chi connectivity index (χ4v) is 1.38. The predicted molar refractivity (Wildman–Crippen MR) is 62.4 cm³/mol. The van der Waals surface area contributed by atoms with E-state index in [9.17, 15) is 4.39 Å². The third kappa shape index (κ3) is 2.52. The molecular weight excluding hydrogens is 235 g/mol. The second kappa shape index (κ2) is 4.67. The summed E-state index contributed by atoms with van der Waals surface area (Å²) in [5.74, 6) is -0.0963. The normalized spacial score (nSPS) is 9.83. The van der Waals surface area contributed by atoms with Crippen LogP contribution >= 0.6 is 0 Å². The Balaban J connectivity index is 2.29. The van der Waals surface area contributed by atoms with Gasteiger partial charge in [-0.2, -0.15) is 10.2 Å². The molecule has 0 fully saturated rings. The molecule has 0 saturated carbocycles. The van der Waals surface area contributed by atoms with Crippen LogP contribution in [0.2, 0.25) is 0 Å². The van der Waals surface area contributed by atoms with E-state index >= 15 is 0 Å². The Morgan fingerprint density at radius 2 is 2.11 bits per heavy atom. The molecule has 6 heteroatoms. The van der Waals surface area contributed by atoms with Crippen LogP contribution < -0.4 is 10.5 Å². The zero-order valence-corrected chi connectivity index (χ0v) is 9.51. The van der Waals surface area contributed by atoms with Crippen LogP contribution in [0.25, 0.3) is 0 Å². The van der Waals surface area contributed by atoms with Gasteiger partial charge >= 0.3 is 0 Å². The van der Waals surface area contributed by atoms with E-state index in [-0.39, 0.29) is 23.1 Å². The molecule has 5 nitrogen and oxygen atoms in total. The lowest BCUT2D eigenvalue weighted by atomic mass is 10.2. The number of nitrogens with two attached hydrogens (primary N) is 1. The van der Waals surface area contributed by atoms with E-state index in [1.54, 1.807) is 19.1 Å². The maximum Gasteiger partial charge on any atom is 0.224 e. The Morgan fingerprint density at radius 3 is 2.72 bits per heavy atom. The Morgan fingerprint density at radius 1 is 1.33 bits per heavy atom. The maximum absolute atomic E-state index is 13.4. The fraction of sp³-hybridized carbons (Fsp3) is 0.0833. The first-order valence-electron chi connectivity index (χ1n) is 5.07. The molecule has 2 N–H and O–H groups in total. The van der Waals surface area contributed by atoms with Gasteiger partial charge in [0.15, 0.2) is 0 Å². The average Bonchev–Trinajstić information content (AvgIpc) is 2.27. The summed E-state index contributed by atoms with van der Waals surface area (Å²) in [5.41, 5.74) is 6.07. The third-order valence-electron chi connectivity index (χ3n) is 2.13. The second-order valence-electron chi connectivity index (χ2n) is 3.56. The van der Waals surface area contributed by atoms with Crippen LogP contribution in [0.3, 0.4) is 0 Å². The average molecular weight is 244 g/mol. The minimum Gasteiger partial charge on any atom is -0.439 e. The number of anilines is 1. The zero-order valence-electron chi connectivity index (χ0n) is 9.51. The molecule has 90 valence electrons. The number of aryl methyl sites for hydroxylation is 1. The molecule has 0 aliphatic heterocycles. The highest BCUT2D eigenvalue weighted by Gasteiger charge is 2.06. The van der Waals surface area contributed by atoms with Crippen molar-refractivity contribution in [2.45, 2.75) is 6.92 Å². The number of nitriles is 1. The highest BCUT2D eigenvalue weighted by Crippen LogP contribution is 2.22. The first kappa shape index (κ1) is 11.8. The number of aromatic nitrogens is 2. The Kier molecular flexibility index (Phi) is 3.06. The van der Waals surface area contributed by atoms with Crippen molar-refractivity contribution in [1.82, 2.24) is 9.97 Å². The standard InChI is InChI=1S/C12H9FN4O/c1-7-4-11(17-12(15)16-7)18-9-3-2-8(6-14)10(13)5-9/h2-5H,1H3,(H2,15,16,17). The van der Waals surface area contributed by atoms with E-state index in [0.29, 0.717) is 5.69 Å². The molecular formula is C12H9FN4O. The van der Waals surface area contributed by atoms with Gasteiger partial charge in [-0.15, -0.1) is 0 Å². The largest absolute Gasteiger partial charge is 0.439 e. The van der Waals surface area contributed by atoms with Crippen LogP contribution in [0.5, 0.6) is 11.6 Å². The van der Waals surface area contributed by atoms with E-state index in [2.05, 4.69) is 9.97 Å². The van der Waals surface area contributed by atoms with E-state index in [1.165, 1.54) is 12.1 Å². The van der Waals surface area contributed by atoms with Crippen molar-refractivity contribution in [3.05, 3.63) is 41.3 Å². The molecule has 0 aliphatic rings. The number of nitrogen functional groups attached to an aromatic ring is 1. The lowest BCUT2D eigenvalue weighted by molar-refractivity contribution is 0.457. The number of benzene rings is 1. The van der Waals surface area contributed by atoms with Crippen molar-refractivity contribution in [2.75, 3.05) is 5.73 Å². The van der Waals surface area contributed by atoms with Crippen molar-refractivity contribution in [3.8, 4) is 17.7 Å². The number of hydrogen-bond acceptors (Lipinski definition) is 5. The van der Waals surface area contributed by atoms with Gasteiger partial charge in [0.1, 0.15) is 17.6 Å². The van der Waals surface area contributed by atoms with Crippen molar-refractivity contribution in [2.24, 2.45) is 0 Å². The summed E-state index contributed by atoms with van der Waals surface area (Å²) in [7, 11) is 0. The highest BCUT2D eigenvalue weighted by molar-refractivity contribution is 5.38. The smallest absolute Gasteiger partial charge is 0.224 e. The topological polar surface area (TPSA) is 84.8 Å². The summed E-state index contributed by atoms with van der Waals surface area (Å²) in [6, 6.07) is 7.24. The summed E-state index contributed by atoms with van der Waals surface area (Å²) in [5, 5.41) is 8.60. The number of rotatable bonds is 2. The number of hydrogen-bond donors (Lipinski definition) is 1. The molecule has 0 amide bonds. The molecule has 1 heterocycles. The molecule has 0 atom stereocenters. The van der Waals surface area contributed by atoms with Crippen molar-refractivity contribution in [3.63, 3.8) is 0 Å². The zero-order chi connectivity index (χ0) is 13.1. The molecule has 1 aromatic heterocycles. The van der Waals surface area contributed by atoms with Crippen LogP contribution in [0.15, 0.2) is 24.3 Å². The van der Waals surface area contributed by atoms with Crippen LogP contribution in [0, 0.1) is 24.1 Å². The minimum atomic E-state index is -0.645. The van der Waals surface area contributed by atoms with Gasteiger partial charge in [0.05, 0.1) is 5.56 Å². The van der Waals surface area contributed by atoms with Crippen LogP contribution in [-0.2, 0) is 0 Å². The summed E-state index contributed by atoms with van der Waals surface area (Å²) in [4.78, 5) is 7.75. The number of nitrogens with zero attached hydrogens (tertiary/aromatic N) is 3. The number of ether oxygens (including phenoxy) is 1. The molecule has 0 radical (unpaired) electrons. The fourth-order valence-electron chi connectivity index (χ4n) is 1.38. The van der Waals surface area contributed by atoms with Crippen molar-refractivity contribution >= 4 is 5.95 Å². The van der Waals surface area contributed by atoms with Crippen LogP contribution in [0.1, 0.15) is 11.3 Å². The van der Waals surface area contributed by atoms with Gasteiger partial charge in [-0.1, -0.05) is 0 Å². The van der Waals surface area contributed by atoms with Gasteiger partial charge < -0.3 is 10.5 Å². The summed E-state index contributed by atoms with van der Waals surface area (Å²) < 4.78 is 18.7. The van der Waals surface area contributed by atoms with E-state index < -0.39 is 5.82 Å². The lowest BCUT2D eigenvalue weighted by Gasteiger charge is -2.06. The summed E-state index contributed by atoms with van der Waals surface area (Å²) in [6.07, 6.45) is 0. The van der Waals surface area contributed by atoms with E-state index in [4.69, 9.17) is 15.7 Å². The van der Waals surface area contributed by atoms with Crippen molar-refractivity contribution < 1.29 is 9.13 Å². The Labute approximate surface area is 103 Å². The molecule has 18 heavy (non-hydrogen) atoms. The van der Waals surface area contributed by atoms with Crippen LogP contribution in [-0.4, -0.2) is 9.97 Å².